The lowest BCUT2D eigenvalue weighted by Gasteiger charge is -2.18. The van der Waals surface area contributed by atoms with E-state index in [4.69, 9.17) is 0 Å². The molecule has 2 nitrogen and oxygen atoms in total. The first-order chi connectivity index (χ1) is 9.74. The number of aryl methyl sites for hydroxylation is 2. The quantitative estimate of drug-likeness (QED) is 0.880. The largest absolute Gasteiger partial charge is 0.387 e. The number of aliphatic hydroxyl groups is 1. The first-order valence-electron chi connectivity index (χ1n) is 7.29. The molecule has 1 aliphatic rings. The van der Waals surface area contributed by atoms with Crippen molar-refractivity contribution in [3.05, 3.63) is 57.3 Å². The van der Waals surface area contributed by atoms with E-state index in [0.717, 1.165) is 5.56 Å². The van der Waals surface area contributed by atoms with Crippen molar-refractivity contribution in [2.24, 2.45) is 0 Å². The Morgan fingerprint density at radius 1 is 1.20 bits per heavy atom. The maximum atomic E-state index is 10.1. The summed E-state index contributed by atoms with van der Waals surface area (Å²) in [6.45, 7) is 2.76. The fourth-order valence-corrected chi connectivity index (χ4v) is 3.56. The zero-order chi connectivity index (χ0) is 13.9. The molecule has 2 N–H and O–H groups in total. The third-order valence-corrected chi connectivity index (χ3v) is 4.87. The minimum Gasteiger partial charge on any atom is -0.387 e. The van der Waals surface area contributed by atoms with E-state index in [1.54, 1.807) is 11.3 Å². The second-order valence-corrected chi connectivity index (χ2v) is 6.36. The van der Waals surface area contributed by atoms with Crippen molar-refractivity contribution in [3.8, 4) is 0 Å². The molecule has 1 aliphatic carbocycles. The normalized spacial score (nSPS) is 16.9. The average Bonchev–Trinajstić information content (AvgIpc) is 3.13. The lowest BCUT2D eigenvalue weighted by atomic mass is 10.0. The van der Waals surface area contributed by atoms with Crippen LogP contribution in [0.25, 0.3) is 0 Å². The van der Waals surface area contributed by atoms with Gasteiger partial charge in [-0.15, -0.1) is 0 Å². The van der Waals surface area contributed by atoms with Crippen LogP contribution in [0.1, 0.15) is 47.7 Å². The Bertz CT molecular complexity index is 564. The van der Waals surface area contributed by atoms with Gasteiger partial charge in [-0.2, -0.15) is 11.3 Å². The molecule has 1 heterocycles. The van der Waals surface area contributed by atoms with Crippen molar-refractivity contribution in [1.29, 1.82) is 0 Å². The summed E-state index contributed by atoms with van der Waals surface area (Å²) in [5, 5.41) is 17.5. The summed E-state index contributed by atoms with van der Waals surface area (Å²) in [7, 11) is 0. The molecular formula is C17H21NOS. The average molecular weight is 287 g/mol. The van der Waals surface area contributed by atoms with Crippen molar-refractivity contribution in [2.45, 2.75) is 38.3 Å². The van der Waals surface area contributed by atoms with Gasteiger partial charge in [0, 0.05) is 12.6 Å². The molecule has 106 valence electrons. The molecule has 0 fully saturated rings. The first-order valence-corrected chi connectivity index (χ1v) is 8.23. The fourth-order valence-electron chi connectivity index (χ4n) is 2.85. The highest BCUT2D eigenvalue weighted by atomic mass is 32.1. The Kier molecular flexibility index (Phi) is 4.20. The second-order valence-electron chi connectivity index (χ2n) is 5.58. The zero-order valence-electron chi connectivity index (χ0n) is 11.8. The number of nitrogens with one attached hydrogen (secondary N) is 1. The molecule has 0 radical (unpaired) electrons. The standard InChI is InChI=1S/C17H21NOS/c1-12(18-10-17(19)16-7-8-20-11-16)14-6-5-13-3-2-4-15(13)9-14/h5-9,11-12,17-19H,2-4,10H2,1H3. The summed E-state index contributed by atoms with van der Waals surface area (Å²) in [5.41, 5.74) is 5.35. The molecule has 0 amide bonds. The summed E-state index contributed by atoms with van der Waals surface area (Å²) in [6, 6.07) is 9.08. The fraction of sp³-hybridized carbons (Fsp3) is 0.412. The molecule has 0 bridgehead atoms. The van der Waals surface area contributed by atoms with Crippen LogP contribution in [0.4, 0.5) is 0 Å². The summed E-state index contributed by atoms with van der Waals surface area (Å²) in [5.74, 6) is 0. The van der Waals surface area contributed by atoms with E-state index in [2.05, 4.69) is 30.4 Å². The van der Waals surface area contributed by atoms with Gasteiger partial charge in [0.1, 0.15) is 0 Å². The summed E-state index contributed by atoms with van der Waals surface area (Å²) < 4.78 is 0. The van der Waals surface area contributed by atoms with E-state index in [-0.39, 0.29) is 6.04 Å². The molecule has 2 unspecified atom stereocenters. The Labute approximate surface area is 124 Å². The Balaban J connectivity index is 1.60. The van der Waals surface area contributed by atoms with E-state index in [1.165, 1.54) is 36.0 Å². The van der Waals surface area contributed by atoms with E-state index < -0.39 is 6.10 Å². The highest BCUT2D eigenvalue weighted by molar-refractivity contribution is 7.07. The molecule has 3 rings (SSSR count). The maximum absolute atomic E-state index is 10.1. The molecule has 0 saturated carbocycles. The van der Waals surface area contributed by atoms with Gasteiger partial charge in [-0.05, 0) is 65.3 Å². The molecule has 2 atom stereocenters. The highest BCUT2D eigenvalue weighted by Gasteiger charge is 2.14. The van der Waals surface area contributed by atoms with Crippen molar-refractivity contribution in [3.63, 3.8) is 0 Å². The lowest BCUT2D eigenvalue weighted by Crippen LogP contribution is -2.24. The van der Waals surface area contributed by atoms with Gasteiger partial charge < -0.3 is 10.4 Å². The van der Waals surface area contributed by atoms with Crippen LogP contribution in [0.2, 0.25) is 0 Å². The van der Waals surface area contributed by atoms with Crippen LogP contribution >= 0.6 is 11.3 Å². The van der Waals surface area contributed by atoms with Crippen LogP contribution in [0, 0.1) is 0 Å². The number of hydrogen-bond donors (Lipinski definition) is 2. The van der Waals surface area contributed by atoms with Crippen molar-refractivity contribution < 1.29 is 5.11 Å². The van der Waals surface area contributed by atoms with Gasteiger partial charge in [-0.25, -0.2) is 0 Å². The zero-order valence-corrected chi connectivity index (χ0v) is 12.6. The third-order valence-electron chi connectivity index (χ3n) is 4.17. The number of aliphatic hydroxyl groups excluding tert-OH is 1. The summed E-state index contributed by atoms with van der Waals surface area (Å²) in [6.07, 6.45) is 3.32. The molecule has 0 spiro atoms. The Morgan fingerprint density at radius 2 is 2.05 bits per heavy atom. The highest BCUT2D eigenvalue weighted by Crippen LogP contribution is 2.25. The smallest absolute Gasteiger partial charge is 0.0922 e. The maximum Gasteiger partial charge on any atom is 0.0922 e. The molecule has 2 aromatic rings. The van der Waals surface area contributed by atoms with E-state index in [9.17, 15) is 5.11 Å². The number of rotatable bonds is 5. The predicted octanol–water partition coefficient (Wildman–Crippen LogP) is 3.62. The predicted molar refractivity (Wildman–Crippen MR) is 84.2 cm³/mol. The van der Waals surface area contributed by atoms with E-state index in [0.29, 0.717) is 6.54 Å². The van der Waals surface area contributed by atoms with Crippen molar-refractivity contribution in [2.75, 3.05) is 6.54 Å². The topological polar surface area (TPSA) is 32.3 Å². The van der Waals surface area contributed by atoms with Crippen LogP contribution in [-0.4, -0.2) is 11.7 Å². The molecule has 20 heavy (non-hydrogen) atoms. The van der Waals surface area contributed by atoms with Gasteiger partial charge in [-0.3, -0.25) is 0 Å². The minimum atomic E-state index is -0.418. The monoisotopic (exact) mass is 287 g/mol. The van der Waals surface area contributed by atoms with E-state index in [1.807, 2.05) is 16.8 Å². The van der Waals surface area contributed by atoms with Crippen molar-refractivity contribution >= 4 is 11.3 Å². The molecular weight excluding hydrogens is 266 g/mol. The van der Waals surface area contributed by atoms with Crippen LogP contribution in [0.5, 0.6) is 0 Å². The molecule has 0 saturated heterocycles. The van der Waals surface area contributed by atoms with E-state index >= 15 is 0 Å². The molecule has 1 aromatic carbocycles. The Hall–Kier alpha value is -1.16. The molecule has 0 aliphatic heterocycles. The van der Waals surface area contributed by atoms with Gasteiger partial charge >= 0.3 is 0 Å². The molecule has 3 heteroatoms. The van der Waals surface area contributed by atoms with Gasteiger partial charge in [0.25, 0.3) is 0 Å². The molecule has 1 aromatic heterocycles. The van der Waals surface area contributed by atoms with Crippen molar-refractivity contribution in [1.82, 2.24) is 5.32 Å². The lowest BCUT2D eigenvalue weighted by molar-refractivity contribution is 0.171. The van der Waals surface area contributed by atoms with Crippen LogP contribution in [0.15, 0.2) is 35.0 Å². The third kappa shape index (κ3) is 2.95. The number of fused-ring (bicyclic) bond motifs is 1. The van der Waals surface area contributed by atoms with Crippen LogP contribution in [0.3, 0.4) is 0 Å². The minimum absolute atomic E-state index is 0.272. The van der Waals surface area contributed by atoms with Gasteiger partial charge in [0.05, 0.1) is 6.10 Å². The number of thiophene rings is 1. The van der Waals surface area contributed by atoms with Crippen LogP contribution < -0.4 is 5.32 Å². The van der Waals surface area contributed by atoms with Crippen LogP contribution in [-0.2, 0) is 12.8 Å². The Morgan fingerprint density at radius 3 is 2.85 bits per heavy atom. The SMILES string of the molecule is CC(NCC(O)c1ccsc1)c1ccc2c(c1)CCC2. The summed E-state index contributed by atoms with van der Waals surface area (Å²) in [4.78, 5) is 0. The van der Waals surface area contributed by atoms with Gasteiger partial charge in [0.15, 0.2) is 0 Å². The van der Waals surface area contributed by atoms with Gasteiger partial charge in [0.2, 0.25) is 0 Å². The number of benzene rings is 1. The first kappa shape index (κ1) is 13.8. The second kappa shape index (κ2) is 6.08. The summed E-state index contributed by atoms with van der Waals surface area (Å²) >= 11 is 1.62. The number of hydrogen-bond acceptors (Lipinski definition) is 3. The van der Waals surface area contributed by atoms with Gasteiger partial charge in [-0.1, -0.05) is 18.2 Å².